The highest BCUT2D eigenvalue weighted by atomic mass is 16.1. The van der Waals surface area contributed by atoms with Gasteiger partial charge in [-0.2, -0.15) is 0 Å². The van der Waals surface area contributed by atoms with Crippen molar-refractivity contribution < 1.29 is 4.79 Å². The Hall–Kier alpha value is -2.43. The number of hydrogen-bond donors (Lipinski definition) is 1. The maximum absolute atomic E-state index is 12.5. The minimum atomic E-state index is -0.186. The number of anilines is 1. The van der Waals surface area contributed by atoms with Crippen LogP contribution >= 0.6 is 0 Å². The van der Waals surface area contributed by atoms with Gasteiger partial charge >= 0.3 is 0 Å². The molecule has 1 amide bonds. The fraction of sp³-hybridized carbons (Fsp3) is 0.476. The Kier molecular flexibility index (Phi) is 5.25. The van der Waals surface area contributed by atoms with Crippen molar-refractivity contribution in [2.45, 2.75) is 40.7 Å². The molecule has 1 aromatic carbocycles. The molecule has 138 valence electrons. The molecule has 0 aliphatic carbocycles. The fourth-order valence-electron chi connectivity index (χ4n) is 3.37. The van der Waals surface area contributed by atoms with Gasteiger partial charge in [0.25, 0.3) is 5.91 Å². The second-order valence-electron chi connectivity index (χ2n) is 8.17. The van der Waals surface area contributed by atoms with Gasteiger partial charge in [-0.25, -0.2) is 4.98 Å². The summed E-state index contributed by atoms with van der Waals surface area (Å²) in [6, 6.07) is 8.04. The quantitative estimate of drug-likeness (QED) is 0.914. The standard InChI is InChI=1S/C21H28N4O/c1-15-7-5-6-8-16(15)11-23-20(26)18-12-22-13-19(24-18)25-10-9-17(14-25)21(2,3)4/h5-8,12-13,17H,9-11,14H2,1-4H3,(H,23,26)/t17-/m0/s1. The van der Waals surface area contributed by atoms with E-state index in [1.807, 2.05) is 31.2 Å². The van der Waals surface area contributed by atoms with Crippen LogP contribution in [-0.2, 0) is 6.54 Å². The summed E-state index contributed by atoms with van der Waals surface area (Å²) < 4.78 is 0. The third-order valence-electron chi connectivity index (χ3n) is 5.29. The topological polar surface area (TPSA) is 58.1 Å². The van der Waals surface area contributed by atoms with Gasteiger partial charge in [-0.1, -0.05) is 45.0 Å². The van der Waals surface area contributed by atoms with Gasteiger partial charge in [0, 0.05) is 19.6 Å². The van der Waals surface area contributed by atoms with Gasteiger partial charge in [-0.05, 0) is 35.8 Å². The average Bonchev–Trinajstić information content (AvgIpc) is 3.11. The van der Waals surface area contributed by atoms with Crippen molar-refractivity contribution in [3.8, 4) is 0 Å². The van der Waals surface area contributed by atoms with Gasteiger partial charge in [0.15, 0.2) is 0 Å². The van der Waals surface area contributed by atoms with Gasteiger partial charge in [0.2, 0.25) is 0 Å². The number of nitrogens with zero attached hydrogens (tertiary/aromatic N) is 3. The molecule has 1 N–H and O–H groups in total. The summed E-state index contributed by atoms with van der Waals surface area (Å²) in [7, 11) is 0. The number of carbonyl (C=O) groups is 1. The summed E-state index contributed by atoms with van der Waals surface area (Å²) in [6.07, 6.45) is 4.44. The molecule has 5 heteroatoms. The lowest BCUT2D eigenvalue weighted by Crippen LogP contribution is -2.28. The first kappa shape index (κ1) is 18.4. The third kappa shape index (κ3) is 4.21. The van der Waals surface area contributed by atoms with Crippen LogP contribution in [0.15, 0.2) is 36.7 Å². The zero-order chi connectivity index (χ0) is 18.7. The van der Waals surface area contributed by atoms with E-state index in [1.165, 1.54) is 6.20 Å². The maximum Gasteiger partial charge on any atom is 0.271 e. The molecular weight excluding hydrogens is 324 g/mol. The van der Waals surface area contributed by atoms with Crippen LogP contribution in [0.5, 0.6) is 0 Å². The average molecular weight is 352 g/mol. The molecular formula is C21H28N4O. The smallest absolute Gasteiger partial charge is 0.271 e. The number of carbonyl (C=O) groups excluding carboxylic acids is 1. The van der Waals surface area contributed by atoms with Gasteiger partial charge in [0.05, 0.1) is 12.4 Å². The molecule has 1 aliphatic heterocycles. The number of amides is 1. The van der Waals surface area contributed by atoms with Crippen LogP contribution in [-0.4, -0.2) is 29.0 Å². The Labute approximate surface area is 155 Å². The molecule has 0 radical (unpaired) electrons. The summed E-state index contributed by atoms with van der Waals surface area (Å²) >= 11 is 0. The van der Waals surface area contributed by atoms with Crippen molar-refractivity contribution in [3.63, 3.8) is 0 Å². The molecule has 2 aromatic rings. The van der Waals surface area contributed by atoms with E-state index in [0.717, 1.165) is 36.5 Å². The summed E-state index contributed by atoms with van der Waals surface area (Å²) in [6.45, 7) is 11.3. The van der Waals surface area contributed by atoms with Crippen molar-refractivity contribution in [1.29, 1.82) is 0 Å². The molecule has 1 saturated heterocycles. The Morgan fingerprint density at radius 3 is 2.73 bits per heavy atom. The summed E-state index contributed by atoms with van der Waals surface area (Å²) in [5, 5.41) is 2.95. The number of aryl methyl sites for hydroxylation is 1. The second kappa shape index (κ2) is 7.44. The SMILES string of the molecule is Cc1ccccc1CNC(=O)c1cncc(N2CC[C@H](C(C)(C)C)C2)n1. The molecule has 0 bridgehead atoms. The first-order chi connectivity index (χ1) is 12.3. The predicted molar refractivity (Wildman–Crippen MR) is 104 cm³/mol. The molecule has 1 aromatic heterocycles. The van der Waals surface area contributed by atoms with E-state index in [0.29, 0.717) is 18.2 Å². The van der Waals surface area contributed by atoms with Crippen LogP contribution in [0, 0.1) is 18.3 Å². The van der Waals surface area contributed by atoms with Crippen molar-refractivity contribution in [2.24, 2.45) is 11.3 Å². The highest BCUT2D eigenvalue weighted by Crippen LogP contribution is 2.34. The summed E-state index contributed by atoms with van der Waals surface area (Å²) in [5.74, 6) is 1.23. The minimum Gasteiger partial charge on any atom is -0.355 e. The first-order valence-electron chi connectivity index (χ1n) is 9.24. The molecule has 0 unspecified atom stereocenters. The maximum atomic E-state index is 12.5. The molecule has 26 heavy (non-hydrogen) atoms. The van der Waals surface area contributed by atoms with Gasteiger partial charge in [0.1, 0.15) is 11.5 Å². The number of benzene rings is 1. The van der Waals surface area contributed by atoms with Crippen LogP contribution in [0.3, 0.4) is 0 Å². The van der Waals surface area contributed by atoms with Crippen LogP contribution in [0.1, 0.15) is 48.8 Å². The van der Waals surface area contributed by atoms with Crippen molar-refractivity contribution in [3.05, 3.63) is 53.5 Å². The Bertz CT molecular complexity index is 782. The van der Waals surface area contributed by atoms with E-state index >= 15 is 0 Å². The van der Waals surface area contributed by atoms with Gasteiger partial charge in [-0.15, -0.1) is 0 Å². The van der Waals surface area contributed by atoms with Crippen LogP contribution < -0.4 is 10.2 Å². The summed E-state index contributed by atoms with van der Waals surface area (Å²) in [4.78, 5) is 23.5. The van der Waals surface area contributed by atoms with Gasteiger partial charge < -0.3 is 10.2 Å². The Morgan fingerprint density at radius 2 is 2.04 bits per heavy atom. The van der Waals surface area contributed by atoms with E-state index in [9.17, 15) is 4.79 Å². The molecule has 1 atom stereocenters. The Morgan fingerprint density at radius 1 is 1.27 bits per heavy atom. The van der Waals surface area contributed by atoms with E-state index in [1.54, 1.807) is 6.20 Å². The highest BCUT2D eigenvalue weighted by Gasteiger charge is 2.32. The monoisotopic (exact) mass is 352 g/mol. The highest BCUT2D eigenvalue weighted by molar-refractivity contribution is 5.92. The van der Waals surface area contributed by atoms with Crippen LogP contribution in [0.25, 0.3) is 0 Å². The van der Waals surface area contributed by atoms with E-state index in [-0.39, 0.29) is 11.3 Å². The van der Waals surface area contributed by atoms with Crippen molar-refractivity contribution in [2.75, 3.05) is 18.0 Å². The van der Waals surface area contributed by atoms with Crippen LogP contribution in [0.2, 0.25) is 0 Å². The van der Waals surface area contributed by atoms with Crippen molar-refractivity contribution in [1.82, 2.24) is 15.3 Å². The summed E-state index contributed by atoms with van der Waals surface area (Å²) in [5.41, 5.74) is 2.93. The molecule has 0 spiro atoms. The molecule has 3 rings (SSSR count). The first-order valence-corrected chi connectivity index (χ1v) is 9.24. The van der Waals surface area contributed by atoms with Crippen LogP contribution in [0.4, 0.5) is 5.82 Å². The Balaban J connectivity index is 1.66. The number of nitrogens with one attached hydrogen (secondary N) is 1. The molecule has 2 heterocycles. The van der Waals surface area contributed by atoms with E-state index in [2.05, 4.69) is 41.0 Å². The lowest BCUT2D eigenvalue weighted by molar-refractivity contribution is 0.0945. The largest absolute Gasteiger partial charge is 0.355 e. The molecule has 1 aliphatic rings. The fourth-order valence-corrected chi connectivity index (χ4v) is 3.37. The third-order valence-corrected chi connectivity index (χ3v) is 5.29. The molecule has 1 fully saturated rings. The molecule has 5 nitrogen and oxygen atoms in total. The normalized spacial score (nSPS) is 17.4. The lowest BCUT2D eigenvalue weighted by Gasteiger charge is -2.27. The predicted octanol–water partition coefficient (Wildman–Crippen LogP) is 3.59. The number of hydrogen-bond acceptors (Lipinski definition) is 4. The van der Waals surface area contributed by atoms with E-state index < -0.39 is 0 Å². The van der Waals surface area contributed by atoms with Crippen molar-refractivity contribution >= 4 is 11.7 Å². The second-order valence-corrected chi connectivity index (χ2v) is 8.17. The van der Waals surface area contributed by atoms with Gasteiger partial charge in [-0.3, -0.25) is 9.78 Å². The number of rotatable bonds is 4. The van der Waals surface area contributed by atoms with E-state index in [4.69, 9.17) is 0 Å². The zero-order valence-corrected chi connectivity index (χ0v) is 16.1. The lowest BCUT2D eigenvalue weighted by atomic mass is 9.80. The molecule has 0 saturated carbocycles. The minimum absolute atomic E-state index is 0.186. The zero-order valence-electron chi connectivity index (χ0n) is 16.1. The number of aromatic nitrogens is 2.